The van der Waals surface area contributed by atoms with Crippen LogP contribution in [0.25, 0.3) is 22.1 Å². The smallest absolute Gasteiger partial charge is 0.298 e. The highest BCUT2D eigenvalue weighted by molar-refractivity contribution is 5.98. The molecule has 21 nitrogen and oxygen atoms in total. The zero-order valence-corrected chi connectivity index (χ0v) is 38.8. The molecule has 0 saturated carbocycles. The average Bonchev–Trinajstić information content (AvgIpc) is 4.03. The molecular formula is C45H59N13O8. The number of hydrogen-bond donors (Lipinski definition) is 2. The van der Waals surface area contributed by atoms with Gasteiger partial charge in [-0.05, 0) is 89.1 Å². The summed E-state index contributed by atoms with van der Waals surface area (Å²) in [4.78, 5) is 76.9. The van der Waals surface area contributed by atoms with Gasteiger partial charge in [-0.2, -0.15) is 20.2 Å². The van der Waals surface area contributed by atoms with Crippen LogP contribution in [0.1, 0.15) is 79.8 Å². The number of nitrogens with zero attached hydrogens (tertiary/aromatic N) is 11. The van der Waals surface area contributed by atoms with Crippen molar-refractivity contribution in [3.63, 3.8) is 0 Å². The van der Waals surface area contributed by atoms with Gasteiger partial charge in [0.1, 0.15) is 18.0 Å². The number of carbonyl (C=O) groups is 5. The van der Waals surface area contributed by atoms with E-state index in [0.717, 1.165) is 0 Å². The van der Waals surface area contributed by atoms with Crippen LogP contribution < -0.4 is 22.7 Å². The summed E-state index contributed by atoms with van der Waals surface area (Å²) in [5.41, 5.74) is 17.1. The van der Waals surface area contributed by atoms with Crippen LogP contribution in [0, 0.1) is 13.8 Å². The van der Waals surface area contributed by atoms with E-state index in [1.54, 1.807) is 114 Å². The second-order valence-corrected chi connectivity index (χ2v) is 15.8. The fraction of sp³-hybridized carbons (Fsp3) is 0.444. The largest absolute Gasteiger partial charge is 0.383 e. The Balaban J connectivity index is 1.43. The van der Waals surface area contributed by atoms with E-state index in [4.69, 9.17) is 25.7 Å². The molecule has 0 saturated heterocycles. The Morgan fingerprint density at radius 2 is 1.09 bits per heavy atom. The number of methoxy groups -OCH3 is 2. The molecule has 0 fully saturated rings. The highest BCUT2D eigenvalue weighted by Gasteiger charge is 2.23. The molecule has 0 radical (unpaired) electrons. The molecule has 0 spiro atoms. The molecule has 66 heavy (non-hydrogen) atoms. The molecule has 0 aliphatic heterocycles. The van der Waals surface area contributed by atoms with Crippen molar-refractivity contribution >= 4 is 51.6 Å². The molecule has 6 aromatic rings. The van der Waals surface area contributed by atoms with E-state index >= 15 is 0 Å². The third-order valence-electron chi connectivity index (χ3n) is 11.4. The van der Waals surface area contributed by atoms with Crippen molar-refractivity contribution in [3.05, 3.63) is 93.7 Å². The lowest BCUT2D eigenvalue weighted by molar-refractivity contribution is -0.139. The van der Waals surface area contributed by atoms with Gasteiger partial charge in [-0.1, -0.05) is 0 Å². The van der Waals surface area contributed by atoms with Gasteiger partial charge in [0.2, 0.25) is 29.0 Å². The molecule has 0 atom stereocenters. The first kappa shape index (κ1) is 48.5. The lowest BCUT2D eigenvalue weighted by Crippen LogP contribution is -2.39. The fourth-order valence-corrected chi connectivity index (χ4v) is 7.97. The Morgan fingerprint density at radius 1 is 0.667 bits per heavy atom. The molecule has 4 heterocycles. The number of imidazole rings is 2. The molecule has 21 heteroatoms. The second kappa shape index (κ2) is 21.3. The summed E-state index contributed by atoms with van der Waals surface area (Å²) in [6, 6.07) is 13.4. The average molecular weight is 910 g/mol. The van der Waals surface area contributed by atoms with Gasteiger partial charge >= 0.3 is 0 Å². The summed E-state index contributed by atoms with van der Waals surface area (Å²) in [5.74, 6) is -2.50. The lowest BCUT2D eigenvalue weighted by Gasteiger charge is -2.24. The lowest BCUT2D eigenvalue weighted by atomic mass is 10.1. The number of nitrogens with two attached hydrogens (primary N) is 2. The molecule has 0 bridgehead atoms. The summed E-state index contributed by atoms with van der Waals surface area (Å²) >= 11 is 0. The molecule has 352 valence electrons. The maximum atomic E-state index is 13.9. The second-order valence-electron chi connectivity index (χ2n) is 15.8. The van der Waals surface area contributed by atoms with E-state index in [1.165, 1.54) is 0 Å². The highest BCUT2D eigenvalue weighted by atomic mass is 16.5. The Hall–Kier alpha value is -6.97. The third-order valence-corrected chi connectivity index (χ3v) is 11.4. The number of ether oxygens (including phenoxy) is 3. The Labute approximate surface area is 380 Å². The normalized spacial score (nSPS) is 12.7. The van der Waals surface area contributed by atoms with E-state index in [-0.39, 0.29) is 36.7 Å². The molecule has 4 aromatic heterocycles. The summed E-state index contributed by atoms with van der Waals surface area (Å²) in [5, 5.41) is 8.86. The van der Waals surface area contributed by atoms with Crippen molar-refractivity contribution in [1.29, 1.82) is 0 Å². The van der Waals surface area contributed by atoms with Gasteiger partial charge in [0, 0.05) is 78.7 Å². The summed E-state index contributed by atoms with van der Waals surface area (Å²) in [6.45, 7) is 9.82. The standard InChI is InChI=1S/C45H59N13O8/c1-9-57-37(23-28(3)50-57)42(62)48-44-52(5)35-25-30(40(46)60)11-13-33(35)55(44)17-15-32(66-27-39(59)54(19-21-64-7)20-22-65-8)16-18-56-34-14-12-31(41(47)61)26-36(34)53(6)45(56)49-43(63)38-24-29(4)51-58(38)10-2/h11-14,23-26,32H,9-10,15-22,27H2,1-8H3,(H2,46,60)(H2,47,61). The topological polar surface area (TPSA) is 248 Å². The van der Waals surface area contributed by atoms with E-state index in [9.17, 15) is 24.0 Å². The van der Waals surface area contributed by atoms with Crippen LogP contribution in [0.15, 0.2) is 58.5 Å². The van der Waals surface area contributed by atoms with Gasteiger partial charge in [-0.3, -0.25) is 33.3 Å². The van der Waals surface area contributed by atoms with Crippen LogP contribution in [0.2, 0.25) is 0 Å². The number of primary amides is 2. The minimum Gasteiger partial charge on any atom is -0.383 e. The van der Waals surface area contributed by atoms with Gasteiger partial charge in [0.05, 0.1) is 52.8 Å². The number of aryl methyl sites for hydroxylation is 8. The van der Waals surface area contributed by atoms with Gasteiger partial charge in [-0.15, -0.1) is 0 Å². The first-order valence-electron chi connectivity index (χ1n) is 21.7. The SMILES string of the molecule is CCn1nc(C)cc1C(=O)N=c1n(C)c2cc(C(N)=O)ccc2n1CCC(CCn1c(=NC(=O)c2cc(C)nn2CC)n(C)c2cc(C(N)=O)ccc21)OCC(=O)N(CCOC)CCOC. The molecule has 2 aromatic carbocycles. The third kappa shape index (κ3) is 10.6. The molecule has 5 amide bonds. The molecular weight excluding hydrogens is 851 g/mol. The van der Waals surface area contributed by atoms with Crippen LogP contribution in [-0.2, 0) is 59.3 Å². The molecule has 0 aliphatic carbocycles. The van der Waals surface area contributed by atoms with Gasteiger partial charge < -0.3 is 48.8 Å². The van der Waals surface area contributed by atoms with Crippen molar-refractivity contribution in [3.8, 4) is 0 Å². The number of rotatable bonds is 21. The van der Waals surface area contributed by atoms with Crippen molar-refractivity contribution in [2.75, 3.05) is 47.1 Å². The van der Waals surface area contributed by atoms with E-state index in [1.807, 2.05) is 23.0 Å². The quantitative estimate of drug-likeness (QED) is 0.106. The van der Waals surface area contributed by atoms with Crippen molar-refractivity contribution in [2.45, 2.75) is 72.8 Å². The number of carbonyl (C=O) groups excluding carboxylic acids is 5. The molecule has 4 N–H and O–H groups in total. The Kier molecular flexibility index (Phi) is 15.7. The van der Waals surface area contributed by atoms with Crippen molar-refractivity contribution in [2.24, 2.45) is 35.5 Å². The van der Waals surface area contributed by atoms with Crippen LogP contribution in [-0.4, -0.2) is 125 Å². The monoisotopic (exact) mass is 909 g/mol. The molecule has 0 unspecified atom stereocenters. The van der Waals surface area contributed by atoms with Gasteiger partial charge in [0.25, 0.3) is 11.8 Å². The maximum Gasteiger partial charge on any atom is 0.298 e. The fourth-order valence-electron chi connectivity index (χ4n) is 7.97. The first-order chi connectivity index (χ1) is 31.6. The summed E-state index contributed by atoms with van der Waals surface area (Å²) in [7, 11) is 6.62. The van der Waals surface area contributed by atoms with E-state index < -0.39 is 29.7 Å². The van der Waals surface area contributed by atoms with Crippen molar-refractivity contribution in [1.82, 2.24) is 42.7 Å². The van der Waals surface area contributed by atoms with Crippen molar-refractivity contribution < 1.29 is 38.2 Å². The number of hydrogen-bond acceptors (Lipinski definition) is 10. The number of amides is 5. The molecule has 6 rings (SSSR count). The Bertz CT molecular complexity index is 2740. The highest BCUT2D eigenvalue weighted by Crippen LogP contribution is 2.20. The first-order valence-corrected chi connectivity index (χ1v) is 21.7. The number of benzene rings is 2. The van der Waals surface area contributed by atoms with Gasteiger partial charge in [-0.25, -0.2) is 0 Å². The number of aromatic nitrogens is 8. The van der Waals surface area contributed by atoms with E-state index in [2.05, 4.69) is 20.2 Å². The van der Waals surface area contributed by atoms with Crippen LogP contribution in [0.4, 0.5) is 0 Å². The summed E-state index contributed by atoms with van der Waals surface area (Å²) < 4.78 is 27.4. The molecule has 0 aliphatic rings. The van der Waals surface area contributed by atoms with Crippen LogP contribution in [0.5, 0.6) is 0 Å². The zero-order chi connectivity index (χ0) is 47.8. The zero-order valence-electron chi connectivity index (χ0n) is 38.8. The predicted octanol–water partition coefficient (Wildman–Crippen LogP) is 1.99. The number of fused-ring (bicyclic) bond motifs is 2. The Morgan fingerprint density at radius 3 is 1.47 bits per heavy atom. The van der Waals surface area contributed by atoms with Crippen LogP contribution >= 0.6 is 0 Å². The predicted molar refractivity (Wildman–Crippen MR) is 243 cm³/mol. The van der Waals surface area contributed by atoms with E-state index in [0.29, 0.717) is 108 Å². The summed E-state index contributed by atoms with van der Waals surface area (Å²) in [6.07, 6.45) is 0.0112. The maximum absolute atomic E-state index is 13.9. The van der Waals surface area contributed by atoms with Crippen LogP contribution in [0.3, 0.4) is 0 Å². The van der Waals surface area contributed by atoms with Gasteiger partial charge in [0.15, 0.2) is 0 Å². The minimum absolute atomic E-state index is 0.250. The minimum atomic E-state index is -0.611.